The number of amides is 1. The van der Waals surface area contributed by atoms with Gasteiger partial charge in [0.25, 0.3) is 0 Å². The minimum absolute atomic E-state index is 0.0575. The molecule has 0 bridgehead atoms. The maximum absolute atomic E-state index is 12.5. The van der Waals surface area contributed by atoms with Gasteiger partial charge in [-0.15, -0.1) is 0 Å². The lowest BCUT2D eigenvalue weighted by Crippen LogP contribution is -2.31. The number of carbonyl (C=O) groups is 1. The molecular weight excluding hydrogens is 364 g/mol. The molecule has 2 rings (SSSR count). The third kappa shape index (κ3) is 6.79. The van der Waals surface area contributed by atoms with E-state index in [9.17, 15) is 4.79 Å². The number of nitrogens with two attached hydrogens (primary N) is 1. The lowest BCUT2D eigenvalue weighted by Gasteiger charge is -2.15. The first-order valence-corrected chi connectivity index (χ1v) is 10.3. The monoisotopic (exact) mass is 398 g/mol. The summed E-state index contributed by atoms with van der Waals surface area (Å²) in [6, 6.07) is 2.01. The Labute approximate surface area is 174 Å². The van der Waals surface area contributed by atoms with Gasteiger partial charge in [-0.2, -0.15) is 0 Å². The van der Waals surface area contributed by atoms with Gasteiger partial charge in [-0.1, -0.05) is 25.7 Å². The van der Waals surface area contributed by atoms with Gasteiger partial charge in [0.2, 0.25) is 5.91 Å². The Balaban J connectivity index is 2.08. The van der Waals surface area contributed by atoms with Crippen molar-refractivity contribution < 1.29 is 13.9 Å². The molecule has 29 heavy (non-hydrogen) atoms. The Morgan fingerprint density at radius 2 is 2.14 bits per heavy atom. The summed E-state index contributed by atoms with van der Waals surface area (Å²) >= 11 is 0. The average Bonchev–Trinajstić information content (AvgIpc) is 3.46. The Bertz CT molecular complexity index is 797. The minimum Gasteiger partial charge on any atom is -0.461 e. The van der Waals surface area contributed by atoms with Gasteiger partial charge in [-0.3, -0.25) is 4.79 Å². The molecule has 0 aliphatic heterocycles. The highest BCUT2D eigenvalue weighted by Crippen LogP contribution is 2.27. The van der Waals surface area contributed by atoms with Gasteiger partial charge in [0, 0.05) is 42.8 Å². The van der Waals surface area contributed by atoms with Crippen LogP contribution in [-0.2, 0) is 16.0 Å². The van der Waals surface area contributed by atoms with E-state index in [1.54, 1.807) is 25.3 Å². The van der Waals surface area contributed by atoms with Gasteiger partial charge in [-0.05, 0) is 56.9 Å². The molecule has 5 nitrogen and oxygen atoms in total. The largest absolute Gasteiger partial charge is 0.461 e. The molecule has 3 N–H and O–H groups in total. The molecule has 0 aromatic carbocycles. The van der Waals surface area contributed by atoms with Crippen LogP contribution in [0.3, 0.4) is 0 Å². The summed E-state index contributed by atoms with van der Waals surface area (Å²) in [7, 11) is 1.60. The normalized spacial score (nSPS) is 17.4. The summed E-state index contributed by atoms with van der Waals surface area (Å²) < 4.78 is 11.2. The molecule has 0 radical (unpaired) electrons. The van der Waals surface area contributed by atoms with E-state index < -0.39 is 0 Å². The molecule has 5 heteroatoms. The summed E-state index contributed by atoms with van der Waals surface area (Å²) in [5.41, 5.74) is 8.56. The van der Waals surface area contributed by atoms with Crippen LogP contribution in [0, 0.1) is 11.8 Å². The zero-order chi connectivity index (χ0) is 21.4. The number of furan rings is 1. The van der Waals surface area contributed by atoms with Crippen LogP contribution in [0.5, 0.6) is 0 Å². The molecule has 1 aromatic heterocycles. The van der Waals surface area contributed by atoms with Gasteiger partial charge >= 0.3 is 0 Å². The van der Waals surface area contributed by atoms with E-state index in [1.165, 1.54) is 12.8 Å². The zero-order valence-corrected chi connectivity index (χ0v) is 18.0. The number of allylic oxidation sites excluding steroid dienone is 4. The predicted molar refractivity (Wildman–Crippen MR) is 119 cm³/mol. The molecule has 158 valence electrons. The number of carbonyl (C=O) groups excluding carboxylic acids is 1. The molecule has 2 unspecified atom stereocenters. The third-order valence-corrected chi connectivity index (χ3v) is 5.21. The zero-order valence-electron chi connectivity index (χ0n) is 18.0. The topological polar surface area (TPSA) is 77.5 Å². The number of ether oxygens (including phenoxy) is 1. The number of hydrogen-bond acceptors (Lipinski definition) is 4. The van der Waals surface area contributed by atoms with Gasteiger partial charge in [-0.25, -0.2) is 0 Å². The molecule has 1 fully saturated rings. The molecule has 1 heterocycles. The summed E-state index contributed by atoms with van der Waals surface area (Å²) in [4.78, 5) is 12.5. The highest BCUT2D eigenvalue weighted by Gasteiger charge is 2.23. The van der Waals surface area contributed by atoms with E-state index in [-0.39, 0.29) is 17.9 Å². The van der Waals surface area contributed by atoms with E-state index >= 15 is 0 Å². The van der Waals surface area contributed by atoms with Gasteiger partial charge in [0.1, 0.15) is 11.5 Å². The minimum atomic E-state index is -0.308. The quantitative estimate of drug-likeness (QED) is 0.426. The molecule has 0 spiro atoms. The van der Waals surface area contributed by atoms with E-state index in [0.29, 0.717) is 23.6 Å². The maximum Gasteiger partial charge on any atom is 0.249 e. The number of nitrogens with one attached hydrogen (secondary N) is 1. The number of hydrogen-bond donors (Lipinski definition) is 2. The molecule has 2 atom stereocenters. The second-order valence-electron chi connectivity index (χ2n) is 7.66. The van der Waals surface area contributed by atoms with Crippen LogP contribution in [0.1, 0.15) is 50.7 Å². The molecule has 1 aliphatic rings. The Morgan fingerprint density at radius 1 is 1.41 bits per heavy atom. The Morgan fingerprint density at radius 3 is 2.72 bits per heavy atom. The van der Waals surface area contributed by atoms with Crippen LogP contribution < -0.4 is 11.1 Å². The van der Waals surface area contributed by atoms with Crippen molar-refractivity contribution in [3.05, 3.63) is 59.2 Å². The van der Waals surface area contributed by atoms with Crippen LogP contribution in [0.2, 0.25) is 0 Å². The molecule has 1 saturated carbocycles. The standard InChI is InChI=1S/C24H34N2O3/c1-6-8-19-14-20(29-23(19)7-2)13-16(3)22(25)12-11-21(17(4)28-5)24(27)26-15-18-9-10-18/h6-8,11-12,14,16-18H,2,9-10,13,15,25H2,1,3-5H3,(H,26,27)/b8-6-,21-11+,22-12+. The average molecular weight is 399 g/mol. The SMILES string of the molecule is C=Cc1oc(CC(C)/C(N)=C\C=C(\C(=O)NCC2CC2)C(C)OC)cc1/C=C\C. The smallest absolute Gasteiger partial charge is 0.249 e. The maximum atomic E-state index is 12.5. The summed E-state index contributed by atoms with van der Waals surface area (Å²) in [6.07, 6.45) is 12.0. The van der Waals surface area contributed by atoms with Crippen molar-refractivity contribution in [1.29, 1.82) is 0 Å². The van der Waals surface area contributed by atoms with Crippen LogP contribution in [0.25, 0.3) is 12.2 Å². The number of rotatable bonds is 11. The van der Waals surface area contributed by atoms with Crippen LogP contribution in [0.15, 0.2) is 46.6 Å². The Hall–Kier alpha value is -2.53. The first-order chi connectivity index (χ1) is 13.9. The van der Waals surface area contributed by atoms with E-state index in [4.69, 9.17) is 14.9 Å². The summed E-state index contributed by atoms with van der Waals surface area (Å²) in [5.74, 6) is 2.20. The van der Waals surface area contributed by atoms with Crippen molar-refractivity contribution in [3.8, 4) is 0 Å². The molecule has 1 aromatic rings. The fourth-order valence-corrected chi connectivity index (χ4v) is 3.00. The van der Waals surface area contributed by atoms with E-state index in [1.807, 2.05) is 39.0 Å². The van der Waals surface area contributed by atoms with Crippen molar-refractivity contribution in [2.45, 2.75) is 46.1 Å². The van der Waals surface area contributed by atoms with Gasteiger partial charge in [0.15, 0.2) is 0 Å². The lowest BCUT2D eigenvalue weighted by atomic mass is 10.0. The molecule has 0 saturated heterocycles. The summed E-state index contributed by atoms with van der Waals surface area (Å²) in [6.45, 7) is 10.4. The second-order valence-corrected chi connectivity index (χ2v) is 7.66. The highest BCUT2D eigenvalue weighted by atomic mass is 16.5. The predicted octanol–water partition coefficient (Wildman–Crippen LogP) is 4.46. The fraction of sp³-hybridized carbons (Fsp3) is 0.458. The van der Waals surface area contributed by atoms with Crippen molar-refractivity contribution >= 4 is 18.1 Å². The lowest BCUT2D eigenvalue weighted by molar-refractivity contribution is -0.118. The van der Waals surface area contributed by atoms with Crippen molar-refractivity contribution in [2.24, 2.45) is 17.6 Å². The summed E-state index contributed by atoms with van der Waals surface area (Å²) in [5, 5.41) is 2.99. The second kappa shape index (κ2) is 10.9. The van der Waals surface area contributed by atoms with Crippen molar-refractivity contribution in [2.75, 3.05) is 13.7 Å². The highest BCUT2D eigenvalue weighted by molar-refractivity contribution is 5.94. The fourth-order valence-electron chi connectivity index (χ4n) is 3.00. The first-order valence-electron chi connectivity index (χ1n) is 10.3. The van der Waals surface area contributed by atoms with Crippen LogP contribution in [-0.4, -0.2) is 25.7 Å². The van der Waals surface area contributed by atoms with Gasteiger partial charge in [0.05, 0.1) is 6.10 Å². The molecular formula is C24H34N2O3. The van der Waals surface area contributed by atoms with Crippen molar-refractivity contribution in [3.63, 3.8) is 0 Å². The molecule has 1 aliphatic carbocycles. The molecule has 1 amide bonds. The Kier molecular flexibility index (Phi) is 8.52. The third-order valence-electron chi connectivity index (χ3n) is 5.21. The van der Waals surface area contributed by atoms with Crippen LogP contribution in [0.4, 0.5) is 0 Å². The van der Waals surface area contributed by atoms with Crippen molar-refractivity contribution in [1.82, 2.24) is 5.32 Å². The first kappa shape index (κ1) is 22.8. The van der Waals surface area contributed by atoms with Crippen LogP contribution >= 0.6 is 0 Å². The van der Waals surface area contributed by atoms with Gasteiger partial charge < -0.3 is 20.2 Å². The van der Waals surface area contributed by atoms with E-state index in [0.717, 1.165) is 23.6 Å². The number of methoxy groups -OCH3 is 1. The van der Waals surface area contributed by atoms with E-state index in [2.05, 4.69) is 11.9 Å².